The van der Waals surface area contributed by atoms with Crippen molar-refractivity contribution in [1.29, 1.82) is 0 Å². The number of aromatic hydroxyl groups is 2. The molecular formula is C15H19NO2. The van der Waals surface area contributed by atoms with E-state index in [9.17, 15) is 0 Å². The fourth-order valence-corrected chi connectivity index (χ4v) is 1.36. The number of aryl methyl sites for hydroxylation is 2. The van der Waals surface area contributed by atoms with Crippen molar-refractivity contribution in [3.63, 3.8) is 0 Å². The zero-order valence-corrected chi connectivity index (χ0v) is 10.9. The van der Waals surface area contributed by atoms with Crippen molar-refractivity contribution in [2.45, 2.75) is 20.8 Å². The van der Waals surface area contributed by atoms with Gasteiger partial charge >= 0.3 is 0 Å². The van der Waals surface area contributed by atoms with Crippen molar-refractivity contribution in [3.8, 4) is 11.5 Å². The first kappa shape index (κ1) is 13.9. The zero-order chi connectivity index (χ0) is 13.7. The monoisotopic (exact) mass is 245 g/mol. The first-order valence-corrected chi connectivity index (χ1v) is 5.72. The minimum absolute atomic E-state index is 0.259. The van der Waals surface area contributed by atoms with Crippen molar-refractivity contribution < 1.29 is 10.2 Å². The smallest absolute Gasteiger partial charge is 0.120 e. The molecule has 0 saturated carbocycles. The number of hydrogen-bond acceptors (Lipinski definition) is 3. The second-order valence-electron chi connectivity index (χ2n) is 4.26. The predicted octanol–water partition coefficient (Wildman–Crippen LogP) is 3.29. The summed E-state index contributed by atoms with van der Waals surface area (Å²) in [6.45, 7) is 5.72. The third kappa shape index (κ3) is 3.70. The van der Waals surface area contributed by atoms with Crippen molar-refractivity contribution >= 4 is 5.69 Å². The van der Waals surface area contributed by atoms with E-state index >= 15 is 0 Å². The van der Waals surface area contributed by atoms with Gasteiger partial charge in [-0.2, -0.15) is 0 Å². The molecule has 0 aromatic heterocycles. The topological polar surface area (TPSA) is 66.5 Å². The van der Waals surface area contributed by atoms with Crippen LogP contribution < -0.4 is 5.73 Å². The Morgan fingerprint density at radius 1 is 0.833 bits per heavy atom. The number of phenols is 2. The average Bonchev–Trinajstić information content (AvgIpc) is 2.32. The van der Waals surface area contributed by atoms with Gasteiger partial charge in [0.05, 0.1) is 0 Å². The highest BCUT2D eigenvalue weighted by molar-refractivity contribution is 5.47. The second-order valence-corrected chi connectivity index (χ2v) is 4.26. The van der Waals surface area contributed by atoms with Crippen molar-refractivity contribution in [3.05, 3.63) is 53.1 Å². The summed E-state index contributed by atoms with van der Waals surface area (Å²) in [7, 11) is 0. The number of hydrogen-bond donors (Lipinski definition) is 3. The molecule has 96 valence electrons. The summed E-state index contributed by atoms with van der Waals surface area (Å²) >= 11 is 0. The molecule has 0 unspecified atom stereocenters. The molecule has 3 nitrogen and oxygen atoms in total. The van der Waals surface area contributed by atoms with Crippen LogP contribution in [0.5, 0.6) is 11.5 Å². The molecule has 0 saturated heterocycles. The maximum atomic E-state index is 9.10. The summed E-state index contributed by atoms with van der Waals surface area (Å²) in [5.74, 6) is 0.644. The molecular weight excluding hydrogens is 226 g/mol. The van der Waals surface area contributed by atoms with Crippen LogP contribution in [-0.4, -0.2) is 10.2 Å². The van der Waals surface area contributed by atoms with Gasteiger partial charge in [-0.3, -0.25) is 0 Å². The Morgan fingerprint density at radius 3 is 1.94 bits per heavy atom. The SMILES string of the molecule is Cc1ccc(N)cc1O.Cc1cccc(O)c1C. The predicted molar refractivity (Wildman–Crippen MR) is 74.8 cm³/mol. The summed E-state index contributed by atoms with van der Waals surface area (Å²) in [4.78, 5) is 0. The quantitative estimate of drug-likeness (QED) is 0.624. The normalized spacial score (nSPS) is 9.50. The van der Waals surface area contributed by atoms with Crippen molar-refractivity contribution in [2.75, 3.05) is 5.73 Å². The molecule has 2 aromatic rings. The molecule has 0 aliphatic heterocycles. The molecule has 0 aliphatic rings. The van der Waals surface area contributed by atoms with Crippen LogP contribution in [0.25, 0.3) is 0 Å². The van der Waals surface area contributed by atoms with Crippen LogP contribution in [0.2, 0.25) is 0 Å². The van der Waals surface area contributed by atoms with Crippen LogP contribution in [0.4, 0.5) is 5.69 Å². The second kappa shape index (κ2) is 5.96. The molecule has 0 heterocycles. The van der Waals surface area contributed by atoms with Crippen LogP contribution >= 0.6 is 0 Å². The largest absolute Gasteiger partial charge is 0.508 e. The van der Waals surface area contributed by atoms with E-state index in [1.807, 2.05) is 32.9 Å². The van der Waals surface area contributed by atoms with E-state index in [0.29, 0.717) is 11.4 Å². The third-order valence-electron chi connectivity index (χ3n) is 2.81. The van der Waals surface area contributed by atoms with Gasteiger partial charge in [0.25, 0.3) is 0 Å². The summed E-state index contributed by atoms with van der Waals surface area (Å²) in [6.07, 6.45) is 0. The molecule has 4 N–H and O–H groups in total. The van der Waals surface area contributed by atoms with Gasteiger partial charge in [0.1, 0.15) is 11.5 Å². The summed E-state index contributed by atoms with van der Waals surface area (Å²) in [5.41, 5.74) is 8.92. The molecule has 3 heteroatoms. The summed E-state index contributed by atoms with van der Waals surface area (Å²) < 4.78 is 0. The Bertz CT molecular complexity index is 516. The zero-order valence-electron chi connectivity index (χ0n) is 10.9. The maximum Gasteiger partial charge on any atom is 0.120 e. The van der Waals surface area contributed by atoms with Gasteiger partial charge in [-0.15, -0.1) is 0 Å². The van der Waals surface area contributed by atoms with E-state index in [2.05, 4.69) is 0 Å². The minimum Gasteiger partial charge on any atom is -0.508 e. The first-order valence-electron chi connectivity index (χ1n) is 5.72. The molecule has 18 heavy (non-hydrogen) atoms. The van der Waals surface area contributed by atoms with E-state index in [1.54, 1.807) is 18.2 Å². The van der Waals surface area contributed by atoms with Crippen LogP contribution in [0.3, 0.4) is 0 Å². The standard InChI is InChI=1S/C8H10O.C7H9NO/c1-6-4-3-5-8(9)7(6)2;1-5-2-3-6(8)4-7(5)9/h3-5,9H,1-2H3;2-4,9H,8H2,1H3. The van der Waals surface area contributed by atoms with Gasteiger partial charge in [0, 0.05) is 11.8 Å². The van der Waals surface area contributed by atoms with Crippen LogP contribution in [0.15, 0.2) is 36.4 Å². The van der Waals surface area contributed by atoms with Gasteiger partial charge in [0.15, 0.2) is 0 Å². The summed E-state index contributed by atoms with van der Waals surface area (Å²) in [5, 5.41) is 18.1. The fourth-order valence-electron chi connectivity index (χ4n) is 1.36. The highest BCUT2D eigenvalue weighted by Crippen LogP contribution is 2.18. The molecule has 0 bridgehead atoms. The highest BCUT2D eigenvalue weighted by atomic mass is 16.3. The highest BCUT2D eigenvalue weighted by Gasteiger charge is 1.94. The number of anilines is 1. The van der Waals surface area contributed by atoms with Crippen LogP contribution in [0, 0.1) is 20.8 Å². The van der Waals surface area contributed by atoms with Gasteiger partial charge in [-0.25, -0.2) is 0 Å². The molecule has 0 aliphatic carbocycles. The van der Waals surface area contributed by atoms with Gasteiger partial charge in [0.2, 0.25) is 0 Å². The lowest BCUT2D eigenvalue weighted by molar-refractivity contribution is 0.470. The van der Waals surface area contributed by atoms with Gasteiger partial charge in [-0.05, 0) is 49.6 Å². The Kier molecular flexibility index (Phi) is 4.60. The fraction of sp³-hybridized carbons (Fsp3) is 0.200. The Balaban J connectivity index is 0.000000180. The van der Waals surface area contributed by atoms with Gasteiger partial charge < -0.3 is 15.9 Å². The maximum absolute atomic E-state index is 9.10. The number of phenolic OH excluding ortho intramolecular Hbond substituents is 2. The van der Waals surface area contributed by atoms with Crippen LogP contribution in [-0.2, 0) is 0 Å². The van der Waals surface area contributed by atoms with Crippen molar-refractivity contribution in [1.82, 2.24) is 0 Å². The van der Waals surface area contributed by atoms with Crippen LogP contribution in [0.1, 0.15) is 16.7 Å². The molecule has 0 radical (unpaired) electrons. The van der Waals surface area contributed by atoms with E-state index < -0.39 is 0 Å². The molecule has 2 rings (SSSR count). The number of rotatable bonds is 0. The Morgan fingerprint density at radius 2 is 1.50 bits per heavy atom. The lowest BCUT2D eigenvalue weighted by Crippen LogP contribution is -1.83. The number of nitrogen functional groups attached to an aromatic ring is 1. The number of benzene rings is 2. The minimum atomic E-state index is 0.259. The average molecular weight is 245 g/mol. The van der Waals surface area contributed by atoms with Gasteiger partial charge in [-0.1, -0.05) is 18.2 Å². The van der Waals surface area contributed by atoms with Crippen molar-refractivity contribution in [2.24, 2.45) is 0 Å². The first-order chi connectivity index (χ1) is 8.41. The molecule has 0 spiro atoms. The molecule has 2 aromatic carbocycles. The third-order valence-corrected chi connectivity index (χ3v) is 2.81. The lowest BCUT2D eigenvalue weighted by Gasteiger charge is -1.99. The lowest BCUT2D eigenvalue weighted by atomic mass is 10.1. The van der Waals surface area contributed by atoms with E-state index in [4.69, 9.17) is 15.9 Å². The molecule has 0 amide bonds. The Hall–Kier alpha value is -2.16. The number of nitrogens with two attached hydrogens (primary N) is 1. The molecule has 0 fully saturated rings. The van der Waals surface area contributed by atoms with E-state index in [-0.39, 0.29) is 5.75 Å². The van der Waals surface area contributed by atoms with E-state index in [1.165, 1.54) is 6.07 Å². The summed E-state index contributed by atoms with van der Waals surface area (Å²) in [6, 6.07) is 10.6. The molecule has 0 atom stereocenters. The Labute approximate surface area is 108 Å². The van der Waals surface area contributed by atoms with E-state index in [0.717, 1.165) is 16.7 Å².